The third-order valence-corrected chi connectivity index (χ3v) is 3.82. The molecular formula is C17H18N4O2. The van der Waals surface area contributed by atoms with Crippen LogP contribution in [-0.4, -0.2) is 30.3 Å². The number of nitriles is 1. The summed E-state index contributed by atoms with van der Waals surface area (Å²) in [5.74, 6) is 0.803. The number of rotatable bonds is 6. The van der Waals surface area contributed by atoms with Crippen molar-refractivity contribution in [2.75, 3.05) is 25.6 Å². The minimum Gasteiger partial charge on any atom is -0.382 e. The smallest absolute Gasteiger partial charge is 0.137 e. The standard InChI is InChI=1S/C17H18N4O2/c1-22-8-9-23-15-7-6-14-16(15)19-11-20-17(14)21-13-4-2-12(10-18)3-5-13/h2-5,11,15H,6-9H2,1H3,(H,19,20,21). The molecule has 0 amide bonds. The number of hydrogen-bond acceptors (Lipinski definition) is 6. The molecule has 1 aliphatic rings. The molecule has 1 aromatic heterocycles. The van der Waals surface area contributed by atoms with Crippen LogP contribution in [0.25, 0.3) is 0 Å². The van der Waals surface area contributed by atoms with Crippen LogP contribution in [-0.2, 0) is 15.9 Å². The van der Waals surface area contributed by atoms with E-state index < -0.39 is 0 Å². The van der Waals surface area contributed by atoms with E-state index in [4.69, 9.17) is 14.7 Å². The van der Waals surface area contributed by atoms with Crippen LogP contribution < -0.4 is 5.32 Å². The molecule has 23 heavy (non-hydrogen) atoms. The first kappa shape index (κ1) is 15.4. The van der Waals surface area contributed by atoms with E-state index in [9.17, 15) is 0 Å². The molecule has 1 atom stereocenters. The van der Waals surface area contributed by atoms with Crippen LogP contribution in [0, 0.1) is 11.3 Å². The first-order valence-corrected chi connectivity index (χ1v) is 7.53. The number of hydrogen-bond donors (Lipinski definition) is 1. The van der Waals surface area contributed by atoms with Gasteiger partial charge in [-0.1, -0.05) is 0 Å². The molecule has 0 fully saturated rings. The third-order valence-electron chi connectivity index (χ3n) is 3.82. The van der Waals surface area contributed by atoms with E-state index >= 15 is 0 Å². The topological polar surface area (TPSA) is 80.1 Å². The zero-order valence-corrected chi connectivity index (χ0v) is 13.0. The number of nitrogens with one attached hydrogen (secondary N) is 1. The molecule has 0 radical (unpaired) electrons. The van der Waals surface area contributed by atoms with Crippen LogP contribution in [0.5, 0.6) is 0 Å². The van der Waals surface area contributed by atoms with E-state index in [0.717, 1.165) is 35.6 Å². The highest BCUT2D eigenvalue weighted by Crippen LogP contribution is 2.36. The summed E-state index contributed by atoms with van der Waals surface area (Å²) in [6.45, 7) is 1.14. The maximum absolute atomic E-state index is 8.85. The van der Waals surface area contributed by atoms with Crippen LogP contribution >= 0.6 is 0 Å². The Kier molecular flexibility index (Phi) is 4.81. The van der Waals surface area contributed by atoms with Crippen molar-refractivity contribution in [3.05, 3.63) is 47.4 Å². The summed E-state index contributed by atoms with van der Waals surface area (Å²) in [6.07, 6.45) is 3.35. The predicted octanol–water partition coefficient (Wildman–Crippen LogP) is 2.74. The Labute approximate surface area is 135 Å². The second kappa shape index (κ2) is 7.18. The molecule has 0 saturated heterocycles. The van der Waals surface area contributed by atoms with E-state index in [2.05, 4.69) is 21.4 Å². The minimum atomic E-state index is 0.00432. The molecule has 118 valence electrons. The van der Waals surface area contributed by atoms with Crippen molar-refractivity contribution in [2.24, 2.45) is 0 Å². The van der Waals surface area contributed by atoms with Crippen molar-refractivity contribution in [1.29, 1.82) is 5.26 Å². The van der Waals surface area contributed by atoms with Crippen molar-refractivity contribution in [1.82, 2.24) is 9.97 Å². The van der Waals surface area contributed by atoms with Crippen LogP contribution in [0.15, 0.2) is 30.6 Å². The van der Waals surface area contributed by atoms with Gasteiger partial charge >= 0.3 is 0 Å². The highest BCUT2D eigenvalue weighted by Gasteiger charge is 2.27. The van der Waals surface area contributed by atoms with Crippen LogP contribution in [0.4, 0.5) is 11.5 Å². The molecule has 6 nitrogen and oxygen atoms in total. The Morgan fingerprint density at radius 1 is 1.26 bits per heavy atom. The summed E-state index contributed by atoms with van der Waals surface area (Å²) in [6, 6.07) is 9.41. The lowest BCUT2D eigenvalue weighted by Gasteiger charge is -2.13. The lowest BCUT2D eigenvalue weighted by atomic mass is 10.2. The normalized spacial score (nSPS) is 15.9. The fourth-order valence-electron chi connectivity index (χ4n) is 2.67. The summed E-state index contributed by atoms with van der Waals surface area (Å²) >= 11 is 0. The van der Waals surface area contributed by atoms with Gasteiger partial charge in [0.05, 0.1) is 30.5 Å². The molecule has 3 rings (SSSR count). The molecule has 0 bridgehead atoms. The van der Waals surface area contributed by atoms with Crippen molar-refractivity contribution in [2.45, 2.75) is 18.9 Å². The summed E-state index contributed by atoms with van der Waals surface area (Å²) in [5, 5.41) is 12.2. The maximum Gasteiger partial charge on any atom is 0.137 e. The largest absolute Gasteiger partial charge is 0.382 e. The highest BCUT2D eigenvalue weighted by molar-refractivity contribution is 5.61. The van der Waals surface area contributed by atoms with Crippen LogP contribution in [0.2, 0.25) is 0 Å². The number of benzene rings is 1. The Morgan fingerprint density at radius 3 is 2.83 bits per heavy atom. The fraction of sp³-hybridized carbons (Fsp3) is 0.353. The van der Waals surface area contributed by atoms with Gasteiger partial charge in [-0.05, 0) is 37.1 Å². The van der Waals surface area contributed by atoms with Gasteiger partial charge in [-0.25, -0.2) is 9.97 Å². The summed E-state index contributed by atoms with van der Waals surface area (Å²) in [5.41, 5.74) is 3.58. The average Bonchev–Trinajstić information content (AvgIpc) is 3.00. The molecule has 1 unspecified atom stereocenters. The van der Waals surface area contributed by atoms with Gasteiger partial charge in [-0.3, -0.25) is 0 Å². The van der Waals surface area contributed by atoms with E-state index in [1.54, 1.807) is 25.6 Å². The molecule has 2 aromatic rings. The Balaban J connectivity index is 1.75. The number of nitrogens with zero attached hydrogens (tertiary/aromatic N) is 3. The molecular weight excluding hydrogens is 292 g/mol. The van der Waals surface area contributed by atoms with Crippen LogP contribution in [0.1, 0.15) is 29.3 Å². The van der Waals surface area contributed by atoms with Crippen molar-refractivity contribution >= 4 is 11.5 Å². The Bertz CT molecular complexity index is 710. The first-order valence-electron chi connectivity index (χ1n) is 7.53. The summed E-state index contributed by atoms with van der Waals surface area (Å²) in [7, 11) is 1.66. The SMILES string of the molecule is COCCOC1CCc2c(Nc3ccc(C#N)cc3)ncnc21. The zero-order chi connectivity index (χ0) is 16.1. The van der Waals surface area contributed by atoms with E-state index in [1.807, 2.05) is 12.1 Å². The van der Waals surface area contributed by atoms with Crippen LogP contribution in [0.3, 0.4) is 0 Å². The van der Waals surface area contributed by atoms with Gasteiger partial charge in [0.25, 0.3) is 0 Å². The third kappa shape index (κ3) is 3.47. The van der Waals surface area contributed by atoms with E-state index in [-0.39, 0.29) is 6.10 Å². The quantitative estimate of drug-likeness (QED) is 0.826. The summed E-state index contributed by atoms with van der Waals surface area (Å²) in [4.78, 5) is 8.74. The lowest BCUT2D eigenvalue weighted by molar-refractivity contribution is 0.0155. The number of fused-ring (bicyclic) bond motifs is 1. The molecule has 1 aromatic carbocycles. The molecule has 1 heterocycles. The summed E-state index contributed by atoms with van der Waals surface area (Å²) < 4.78 is 10.8. The molecule has 6 heteroatoms. The van der Waals surface area contributed by atoms with Crippen molar-refractivity contribution in [3.63, 3.8) is 0 Å². The van der Waals surface area contributed by atoms with Gasteiger partial charge in [0.2, 0.25) is 0 Å². The van der Waals surface area contributed by atoms with E-state index in [0.29, 0.717) is 18.8 Å². The van der Waals surface area contributed by atoms with Gasteiger partial charge in [0.1, 0.15) is 18.2 Å². The Morgan fingerprint density at radius 2 is 2.09 bits per heavy atom. The number of anilines is 2. The van der Waals surface area contributed by atoms with Gasteiger partial charge < -0.3 is 14.8 Å². The molecule has 0 aliphatic heterocycles. The average molecular weight is 310 g/mol. The predicted molar refractivity (Wildman–Crippen MR) is 85.4 cm³/mol. The molecule has 0 spiro atoms. The number of aromatic nitrogens is 2. The minimum absolute atomic E-state index is 0.00432. The number of ether oxygens (including phenoxy) is 2. The lowest BCUT2D eigenvalue weighted by Crippen LogP contribution is -2.08. The second-order valence-electron chi connectivity index (χ2n) is 5.29. The van der Waals surface area contributed by atoms with Gasteiger partial charge in [-0.15, -0.1) is 0 Å². The highest BCUT2D eigenvalue weighted by atomic mass is 16.5. The Hall–Kier alpha value is -2.49. The number of methoxy groups -OCH3 is 1. The fourth-order valence-corrected chi connectivity index (χ4v) is 2.67. The van der Waals surface area contributed by atoms with E-state index in [1.165, 1.54) is 0 Å². The van der Waals surface area contributed by atoms with Gasteiger partial charge in [0, 0.05) is 18.4 Å². The second-order valence-corrected chi connectivity index (χ2v) is 5.29. The van der Waals surface area contributed by atoms with Crippen molar-refractivity contribution in [3.8, 4) is 6.07 Å². The molecule has 1 N–H and O–H groups in total. The first-order chi connectivity index (χ1) is 11.3. The zero-order valence-electron chi connectivity index (χ0n) is 13.0. The maximum atomic E-state index is 8.85. The van der Waals surface area contributed by atoms with Gasteiger partial charge in [0.15, 0.2) is 0 Å². The van der Waals surface area contributed by atoms with Gasteiger partial charge in [-0.2, -0.15) is 5.26 Å². The monoisotopic (exact) mass is 310 g/mol. The molecule has 0 saturated carbocycles. The van der Waals surface area contributed by atoms with Crippen molar-refractivity contribution < 1.29 is 9.47 Å². The molecule has 1 aliphatic carbocycles.